The number of carbonyl (C=O) groups excluding carboxylic acids is 1. The van der Waals surface area contributed by atoms with Crippen LogP contribution in [0.5, 0.6) is 0 Å². The number of carbonyl (C=O) groups is 2. The number of hydrogen-bond acceptors (Lipinski definition) is 3. The monoisotopic (exact) mass is 292 g/mol. The average molecular weight is 292 g/mol. The molecule has 1 aliphatic rings. The molecular formula is C15H20N2O4. The molecule has 0 saturated heterocycles. The summed E-state index contributed by atoms with van der Waals surface area (Å²) in [6.45, 7) is 2.67. The lowest BCUT2D eigenvalue weighted by Crippen LogP contribution is -2.39. The number of methoxy groups -OCH3 is 1. The molecule has 0 spiro atoms. The maximum Gasteiger partial charge on any atom is 0.338 e. The summed E-state index contributed by atoms with van der Waals surface area (Å²) in [5.41, 5.74) is 1.08. The van der Waals surface area contributed by atoms with Gasteiger partial charge in [0.1, 0.15) is 0 Å². The highest BCUT2D eigenvalue weighted by Crippen LogP contribution is 2.28. The van der Waals surface area contributed by atoms with Crippen LogP contribution in [0.2, 0.25) is 0 Å². The Morgan fingerprint density at radius 3 is 2.71 bits per heavy atom. The Balaban J connectivity index is 2.14. The number of hydrogen-bond donors (Lipinski definition) is 2. The summed E-state index contributed by atoms with van der Waals surface area (Å²) in [7, 11) is 1.59. The molecule has 1 aromatic rings. The molecule has 0 bridgehead atoms. The van der Waals surface area contributed by atoms with Crippen molar-refractivity contribution in [1.29, 1.82) is 0 Å². The smallest absolute Gasteiger partial charge is 0.338 e. The molecule has 2 rings (SSSR count). The first-order valence-corrected chi connectivity index (χ1v) is 6.94. The molecule has 0 radical (unpaired) electrons. The van der Waals surface area contributed by atoms with Gasteiger partial charge in [0.15, 0.2) is 0 Å². The lowest BCUT2D eigenvalue weighted by Gasteiger charge is -2.23. The maximum absolute atomic E-state index is 12.4. The standard InChI is InChI=1S/C15H20N2O4/c1-10-4-3-5-12(13(10)14(18)19)16-15(20)17(8-9-21-2)11-6-7-11/h3-5,11H,6-9H2,1-2H3,(H,16,20)(H,18,19). The lowest BCUT2D eigenvalue weighted by molar-refractivity contribution is 0.0697. The number of amides is 2. The molecule has 1 fully saturated rings. The molecule has 114 valence electrons. The zero-order chi connectivity index (χ0) is 15.4. The van der Waals surface area contributed by atoms with Gasteiger partial charge in [0.25, 0.3) is 0 Å². The molecule has 2 amide bonds. The quantitative estimate of drug-likeness (QED) is 0.843. The predicted octanol–water partition coefficient (Wildman–Crippen LogP) is 2.34. The molecule has 1 aliphatic carbocycles. The van der Waals surface area contributed by atoms with Gasteiger partial charge in [-0.3, -0.25) is 0 Å². The summed E-state index contributed by atoms with van der Waals surface area (Å²) in [5, 5.41) is 12.0. The minimum atomic E-state index is -1.04. The Hall–Kier alpha value is -2.08. The van der Waals surface area contributed by atoms with Crippen LogP contribution >= 0.6 is 0 Å². The molecule has 0 heterocycles. The number of nitrogens with one attached hydrogen (secondary N) is 1. The number of carboxylic acid groups (broad SMARTS) is 1. The Kier molecular flexibility index (Phi) is 4.80. The number of ether oxygens (including phenoxy) is 1. The number of anilines is 1. The third kappa shape index (κ3) is 3.72. The van der Waals surface area contributed by atoms with Crippen molar-refractivity contribution in [2.75, 3.05) is 25.6 Å². The number of aryl methyl sites for hydroxylation is 1. The average Bonchev–Trinajstić information content (AvgIpc) is 3.23. The summed E-state index contributed by atoms with van der Waals surface area (Å²) in [6.07, 6.45) is 1.97. The van der Waals surface area contributed by atoms with Gasteiger partial charge in [-0.2, -0.15) is 0 Å². The van der Waals surface area contributed by atoms with Crippen LogP contribution in [0.15, 0.2) is 18.2 Å². The zero-order valence-corrected chi connectivity index (χ0v) is 12.3. The molecule has 1 aromatic carbocycles. The Bertz CT molecular complexity index is 540. The number of urea groups is 1. The SMILES string of the molecule is COCCN(C(=O)Nc1cccc(C)c1C(=O)O)C1CC1. The fourth-order valence-electron chi connectivity index (χ4n) is 2.27. The van der Waals surface area contributed by atoms with Crippen molar-refractivity contribution in [1.82, 2.24) is 4.90 Å². The van der Waals surface area contributed by atoms with Crippen molar-refractivity contribution in [3.05, 3.63) is 29.3 Å². The Labute approximate surface area is 123 Å². The molecule has 0 unspecified atom stereocenters. The minimum absolute atomic E-state index is 0.133. The fraction of sp³-hybridized carbons (Fsp3) is 0.467. The van der Waals surface area contributed by atoms with E-state index in [4.69, 9.17) is 4.74 Å². The summed E-state index contributed by atoms with van der Waals surface area (Å²) < 4.78 is 5.02. The van der Waals surface area contributed by atoms with Crippen LogP contribution < -0.4 is 5.32 Å². The topological polar surface area (TPSA) is 78.9 Å². The number of carboxylic acids is 1. The van der Waals surface area contributed by atoms with Crippen molar-refractivity contribution in [2.24, 2.45) is 0 Å². The van der Waals surface area contributed by atoms with Crippen LogP contribution in [0, 0.1) is 6.92 Å². The first-order valence-electron chi connectivity index (χ1n) is 6.94. The van der Waals surface area contributed by atoms with Crippen LogP contribution in [-0.2, 0) is 4.74 Å². The summed E-state index contributed by atoms with van der Waals surface area (Å²) in [5.74, 6) is -1.04. The molecule has 1 saturated carbocycles. The van der Waals surface area contributed by atoms with Gasteiger partial charge in [0.2, 0.25) is 0 Å². The number of rotatable bonds is 6. The Morgan fingerprint density at radius 1 is 1.43 bits per heavy atom. The van der Waals surface area contributed by atoms with Crippen LogP contribution in [-0.4, -0.2) is 48.3 Å². The normalized spacial score (nSPS) is 13.8. The van der Waals surface area contributed by atoms with Gasteiger partial charge in [-0.05, 0) is 31.4 Å². The van der Waals surface area contributed by atoms with Crippen LogP contribution in [0.4, 0.5) is 10.5 Å². The van der Waals surface area contributed by atoms with E-state index >= 15 is 0 Å². The van der Waals surface area contributed by atoms with Crippen LogP contribution in [0.25, 0.3) is 0 Å². The molecule has 21 heavy (non-hydrogen) atoms. The fourth-order valence-corrected chi connectivity index (χ4v) is 2.27. The van der Waals surface area contributed by atoms with Gasteiger partial charge in [-0.15, -0.1) is 0 Å². The summed E-state index contributed by atoms with van der Waals surface area (Å²) in [4.78, 5) is 25.4. The van der Waals surface area contributed by atoms with E-state index in [0.29, 0.717) is 24.4 Å². The van der Waals surface area contributed by atoms with Gasteiger partial charge < -0.3 is 20.1 Å². The van der Waals surface area contributed by atoms with E-state index in [0.717, 1.165) is 12.8 Å². The molecule has 0 atom stereocenters. The van der Waals surface area contributed by atoms with E-state index in [1.54, 1.807) is 37.1 Å². The van der Waals surface area contributed by atoms with Gasteiger partial charge in [0, 0.05) is 19.7 Å². The number of nitrogens with zero attached hydrogens (tertiary/aromatic N) is 1. The van der Waals surface area contributed by atoms with Crippen LogP contribution in [0.3, 0.4) is 0 Å². The third-order valence-electron chi connectivity index (χ3n) is 3.51. The molecule has 6 nitrogen and oxygen atoms in total. The number of aromatic carboxylic acids is 1. The van der Waals surface area contributed by atoms with Crippen LogP contribution in [0.1, 0.15) is 28.8 Å². The van der Waals surface area contributed by atoms with Crippen molar-refractivity contribution in [3.63, 3.8) is 0 Å². The predicted molar refractivity (Wildman–Crippen MR) is 78.8 cm³/mol. The maximum atomic E-state index is 12.4. The van der Waals surface area contributed by atoms with E-state index in [2.05, 4.69) is 5.32 Å². The third-order valence-corrected chi connectivity index (χ3v) is 3.51. The number of benzene rings is 1. The van der Waals surface area contributed by atoms with E-state index in [9.17, 15) is 14.7 Å². The van der Waals surface area contributed by atoms with Gasteiger partial charge in [-0.1, -0.05) is 12.1 Å². The second kappa shape index (κ2) is 6.58. The van der Waals surface area contributed by atoms with Gasteiger partial charge >= 0.3 is 12.0 Å². The molecule has 0 aromatic heterocycles. The minimum Gasteiger partial charge on any atom is -0.478 e. The highest BCUT2D eigenvalue weighted by molar-refractivity contribution is 6.01. The first-order chi connectivity index (χ1) is 10.0. The molecular weight excluding hydrogens is 272 g/mol. The van der Waals surface area contributed by atoms with E-state index < -0.39 is 5.97 Å². The summed E-state index contributed by atoms with van der Waals surface area (Å²) >= 11 is 0. The molecule has 0 aliphatic heterocycles. The summed E-state index contributed by atoms with van der Waals surface area (Å²) in [6, 6.07) is 5.01. The van der Waals surface area contributed by atoms with Gasteiger partial charge in [-0.25, -0.2) is 9.59 Å². The Morgan fingerprint density at radius 2 is 2.14 bits per heavy atom. The van der Waals surface area contributed by atoms with Crippen molar-refractivity contribution in [3.8, 4) is 0 Å². The van der Waals surface area contributed by atoms with E-state index in [1.165, 1.54) is 0 Å². The van der Waals surface area contributed by atoms with Crippen molar-refractivity contribution in [2.45, 2.75) is 25.8 Å². The lowest BCUT2D eigenvalue weighted by atomic mass is 10.1. The molecule has 6 heteroatoms. The first kappa shape index (κ1) is 15.3. The van der Waals surface area contributed by atoms with Crippen molar-refractivity contribution >= 4 is 17.7 Å². The van der Waals surface area contributed by atoms with Crippen molar-refractivity contribution < 1.29 is 19.4 Å². The zero-order valence-electron chi connectivity index (χ0n) is 12.3. The second-order valence-electron chi connectivity index (χ2n) is 5.15. The van der Waals surface area contributed by atoms with E-state index in [1.807, 2.05) is 0 Å². The second-order valence-corrected chi connectivity index (χ2v) is 5.15. The highest BCUT2D eigenvalue weighted by atomic mass is 16.5. The molecule has 2 N–H and O–H groups in total. The van der Waals surface area contributed by atoms with E-state index in [-0.39, 0.29) is 17.6 Å². The largest absolute Gasteiger partial charge is 0.478 e. The highest BCUT2D eigenvalue weighted by Gasteiger charge is 2.32. The van der Waals surface area contributed by atoms with Gasteiger partial charge in [0.05, 0.1) is 17.9 Å².